The van der Waals surface area contributed by atoms with Crippen LogP contribution in [0.25, 0.3) is 0 Å². The first kappa shape index (κ1) is 15.0. The van der Waals surface area contributed by atoms with Gasteiger partial charge in [0.1, 0.15) is 5.82 Å². The molecule has 0 aromatic carbocycles. The lowest BCUT2D eigenvalue weighted by Crippen LogP contribution is -2.64. The van der Waals surface area contributed by atoms with Gasteiger partial charge in [-0.15, -0.1) is 0 Å². The van der Waals surface area contributed by atoms with Crippen LogP contribution in [0.4, 0.5) is 5.82 Å². The molecule has 20 heavy (non-hydrogen) atoms. The average Bonchev–Trinajstić information content (AvgIpc) is 2.49. The standard InChI is InChI=1S/C14H23N3O3/c1-11-7-20-10-14(9-18,17(11)2)8-15-12-5-4-6-13(16-12)19-3/h4-6,11,18H,7-10H2,1-3H3,(H,15,16)/t11-,14+/m1/s1. The normalized spacial score (nSPS) is 27.3. The van der Waals surface area contributed by atoms with E-state index in [2.05, 4.69) is 22.1 Å². The Hall–Kier alpha value is -1.37. The third-order valence-electron chi connectivity index (χ3n) is 3.96. The van der Waals surface area contributed by atoms with Gasteiger partial charge >= 0.3 is 0 Å². The maximum absolute atomic E-state index is 9.80. The van der Waals surface area contributed by atoms with E-state index >= 15 is 0 Å². The summed E-state index contributed by atoms with van der Waals surface area (Å²) in [6.45, 7) is 3.87. The summed E-state index contributed by atoms with van der Waals surface area (Å²) in [4.78, 5) is 6.48. The second-order valence-electron chi connectivity index (χ2n) is 5.28. The summed E-state index contributed by atoms with van der Waals surface area (Å²) in [5.74, 6) is 1.29. The summed E-state index contributed by atoms with van der Waals surface area (Å²) in [5, 5.41) is 13.1. The first-order valence-electron chi connectivity index (χ1n) is 6.78. The van der Waals surface area contributed by atoms with E-state index in [1.54, 1.807) is 13.2 Å². The summed E-state index contributed by atoms with van der Waals surface area (Å²) in [6.07, 6.45) is 0. The van der Waals surface area contributed by atoms with E-state index in [0.717, 1.165) is 5.82 Å². The van der Waals surface area contributed by atoms with Crippen LogP contribution in [0, 0.1) is 0 Å². The minimum Gasteiger partial charge on any atom is -0.481 e. The Balaban J connectivity index is 2.06. The Morgan fingerprint density at radius 3 is 3.10 bits per heavy atom. The predicted molar refractivity (Wildman–Crippen MR) is 77.1 cm³/mol. The molecule has 1 aliphatic rings. The first-order chi connectivity index (χ1) is 9.61. The van der Waals surface area contributed by atoms with E-state index in [1.807, 2.05) is 19.2 Å². The van der Waals surface area contributed by atoms with Gasteiger partial charge in [0.25, 0.3) is 0 Å². The Bertz CT molecular complexity index is 443. The molecule has 1 aliphatic heterocycles. The lowest BCUT2D eigenvalue weighted by molar-refractivity contribution is -0.101. The minimum absolute atomic E-state index is 0.0325. The molecule has 2 heterocycles. The Morgan fingerprint density at radius 2 is 2.40 bits per heavy atom. The number of ether oxygens (including phenoxy) is 2. The van der Waals surface area contributed by atoms with Crippen molar-refractivity contribution in [3.63, 3.8) is 0 Å². The molecule has 1 saturated heterocycles. The number of hydrogen-bond donors (Lipinski definition) is 2. The number of anilines is 1. The Labute approximate surface area is 119 Å². The number of nitrogens with one attached hydrogen (secondary N) is 1. The van der Waals surface area contributed by atoms with Crippen LogP contribution in [0.1, 0.15) is 6.92 Å². The number of rotatable bonds is 5. The molecule has 2 rings (SSSR count). The SMILES string of the molecule is COc1cccc(NC[C@]2(CO)COC[C@@H](C)N2C)n1. The summed E-state index contributed by atoms with van der Waals surface area (Å²) < 4.78 is 10.7. The number of nitrogens with zero attached hydrogens (tertiary/aromatic N) is 2. The summed E-state index contributed by atoms with van der Waals surface area (Å²) in [7, 11) is 3.61. The molecule has 0 saturated carbocycles. The first-order valence-corrected chi connectivity index (χ1v) is 6.78. The van der Waals surface area contributed by atoms with Gasteiger partial charge in [0.05, 0.1) is 32.5 Å². The summed E-state index contributed by atoms with van der Waals surface area (Å²) in [5.41, 5.74) is -0.428. The molecule has 112 valence electrons. The molecule has 0 unspecified atom stereocenters. The van der Waals surface area contributed by atoms with Crippen molar-refractivity contribution in [2.75, 3.05) is 45.8 Å². The third kappa shape index (κ3) is 3.03. The number of morpholine rings is 1. The molecule has 2 N–H and O–H groups in total. The quantitative estimate of drug-likeness (QED) is 0.823. The average molecular weight is 281 g/mol. The van der Waals surface area contributed by atoms with Crippen molar-refractivity contribution in [2.24, 2.45) is 0 Å². The molecule has 0 radical (unpaired) electrons. The number of aliphatic hydroxyl groups excluding tert-OH is 1. The van der Waals surface area contributed by atoms with Gasteiger partial charge in [-0.25, -0.2) is 0 Å². The molecule has 2 atom stereocenters. The van der Waals surface area contributed by atoms with Crippen LogP contribution < -0.4 is 10.1 Å². The van der Waals surface area contributed by atoms with E-state index in [1.165, 1.54) is 0 Å². The molecule has 0 amide bonds. The number of aromatic nitrogens is 1. The van der Waals surface area contributed by atoms with Crippen molar-refractivity contribution in [3.8, 4) is 5.88 Å². The van der Waals surface area contributed by atoms with Crippen LogP contribution in [0.15, 0.2) is 18.2 Å². The number of likely N-dealkylation sites (N-methyl/N-ethyl adjacent to an activating group) is 1. The molecule has 0 bridgehead atoms. The van der Waals surface area contributed by atoms with E-state index in [-0.39, 0.29) is 12.6 Å². The highest BCUT2D eigenvalue weighted by Crippen LogP contribution is 2.23. The fraction of sp³-hybridized carbons (Fsp3) is 0.643. The maximum Gasteiger partial charge on any atom is 0.214 e. The molecule has 0 aliphatic carbocycles. The van der Waals surface area contributed by atoms with Crippen LogP contribution in [0.2, 0.25) is 0 Å². The van der Waals surface area contributed by atoms with Crippen molar-refractivity contribution in [1.82, 2.24) is 9.88 Å². The highest BCUT2D eigenvalue weighted by Gasteiger charge is 2.40. The van der Waals surface area contributed by atoms with Crippen LogP contribution in [-0.4, -0.2) is 67.1 Å². The molecule has 0 spiro atoms. The summed E-state index contributed by atoms with van der Waals surface area (Å²) >= 11 is 0. The second kappa shape index (κ2) is 6.39. The van der Waals surface area contributed by atoms with Crippen LogP contribution in [0.3, 0.4) is 0 Å². The molecule has 6 heteroatoms. The number of aliphatic hydroxyl groups is 1. The van der Waals surface area contributed by atoms with Crippen molar-refractivity contribution in [2.45, 2.75) is 18.5 Å². The van der Waals surface area contributed by atoms with Gasteiger partial charge in [-0.3, -0.25) is 4.90 Å². The lowest BCUT2D eigenvalue weighted by atomic mass is 9.96. The third-order valence-corrected chi connectivity index (χ3v) is 3.96. The highest BCUT2D eigenvalue weighted by atomic mass is 16.5. The van der Waals surface area contributed by atoms with Gasteiger partial charge in [-0.05, 0) is 20.0 Å². The fourth-order valence-corrected chi connectivity index (χ4v) is 2.37. The molecule has 1 aromatic heterocycles. The monoisotopic (exact) mass is 281 g/mol. The molecular formula is C14H23N3O3. The van der Waals surface area contributed by atoms with Gasteiger partial charge in [-0.2, -0.15) is 4.98 Å². The zero-order chi connectivity index (χ0) is 14.6. The van der Waals surface area contributed by atoms with Crippen molar-refractivity contribution < 1.29 is 14.6 Å². The van der Waals surface area contributed by atoms with Crippen LogP contribution in [0.5, 0.6) is 5.88 Å². The largest absolute Gasteiger partial charge is 0.481 e. The number of pyridine rings is 1. The zero-order valence-corrected chi connectivity index (χ0v) is 12.3. The van der Waals surface area contributed by atoms with Crippen molar-refractivity contribution >= 4 is 5.82 Å². The van der Waals surface area contributed by atoms with Crippen LogP contribution in [-0.2, 0) is 4.74 Å². The molecule has 1 fully saturated rings. The van der Waals surface area contributed by atoms with Crippen molar-refractivity contribution in [1.29, 1.82) is 0 Å². The number of hydrogen-bond acceptors (Lipinski definition) is 6. The van der Waals surface area contributed by atoms with Gasteiger partial charge in [0.15, 0.2) is 0 Å². The van der Waals surface area contributed by atoms with Gasteiger partial charge in [0, 0.05) is 18.7 Å². The minimum atomic E-state index is -0.428. The Kier molecular flexibility index (Phi) is 4.80. The molecule has 6 nitrogen and oxygen atoms in total. The van der Waals surface area contributed by atoms with Gasteiger partial charge < -0.3 is 19.9 Å². The maximum atomic E-state index is 9.80. The summed E-state index contributed by atoms with van der Waals surface area (Å²) in [6, 6.07) is 5.82. The van der Waals surface area contributed by atoms with E-state index in [0.29, 0.717) is 25.6 Å². The highest BCUT2D eigenvalue weighted by molar-refractivity contribution is 5.37. The van der Waals surface area contributed by atoms with E-state index in [9.17, 15) is 5.11 Å². The molecular weight excluding hydrogens is 258 g/mol. The fourth-order valence-electron chi connectivity index (χ4n) is 2.37. The van der Waals surface area contributed by atoms with Crippen molar-refractivity contribution in [3.05, 3.63) is 18.2 Å². The second-order valence-corrected chi connectivity index (χ2v) is 5.28. The van der Waals surface area contributed by atoms with Gasteiger partial charge in [-0.1, -0.05) is 6.07 Å². The smallest absolute Gasteiger partial charge is 0.214 e. The van der Waals surface area contributed by atoms with Crippen LogP contribution >= 0.6 is 0 Å². The Morgan fingerprint density at radius 1 is 1.60 bits per heavy atom. The molecule has 1 aromatic rings. The van der Waals surface area contributed by atoms with E-state index < -0.39 is 5.54 Å². The lowest BCUT2D eigenvalue weighted by Gasteiger charge is -2.47. The van der Waals surface area contributed by atoms with Gasteiger partial charge in [0.2, 0.25) is 5.88 Å². The predicted octanol–water partition coefficient (Wildman–Crippen LogP) is 0.584. The topological polar surface area (TPSA) is 66.8 Å². The zero-order valence-electron chi connectivity index (χ0n) is 12.3. The number of methoxy groups -OCH3 is 1. The van der Waals surface area contributed by atoms with E-state index in [4.69, 9.17) is 9.47 Å².